The lowest BCUT2D eigenvalue weighted by Gasteiger charge is -2.50. The smallest absolute Gasteiger partial charge is 0.303 e. The van der Waals surface area contributed by atoms with Crippen LogP contribution in [0.15, 0.2) is 29.8 Å². The number of aliphatic carboxylic acids is 1. The molecule has 2 aliphatic heterocycles. The number of halogens is 4. The molecule has 0 unspecified atom stereocenters. The highest BCUT2D eigenvalue weighted by Gasteiger charge is 2.76. The van der Waals surface area contributed by atoms with E-state index in [0.717, 1.165) is 21.9 Å². The van der Waals surface area contributed by atoms with Crippen LogP contribution in [-0.4, -0.2) is 71.4 Å². The van der Waals surface area contributed by atoms with Gasteiger partial charge in [0.05, 0.1) is 17.3 Å². The van der Waals surface area contributed by atoms with Crippen LogP contribution in [0.3, 0.4) is 0 Å². The normalized spacial score (nSPS) is 34.3. The number of imide groups is 2. The van der Waals surface area contributed by atoms with E-state index < -0.39 is 74.6 Å². The van der Waals surface area contributed by atoms with Crippen molar-refractivity contribution < 1.29 is 38.6 Å². The maximum atomic E-state index is 14.5. The fourth-order valence-corrected chi connectivity index (χ4v) is 7.93. The van der Waals surface area contributed by atoms with Crippen LogP contribution in [0.2, 0.25) is 0 Å². The zero-order valence-electron chi connectivity index (χ0n) is 19.7. The maximum Gasteiger partial charge on any atom is 0.303 e. The number of carbonyl (C=O) groups excluding carboxylic acids is 4. The number of likely N-dealkylation sites (tertiary alicyclic amines) is 2. The van der Waals surface area contributed by atoms with Crippen molar-refractivity contribution in [3.05, 3.63) is 41.2 Å². The van der Waals surface area contributed by atoms with Gasteiger partial charge in [-0.05, 0) is 42.9 Å². The number of phenolic OH excluding ortho intramolecular Hbond substituents is 1. The number of hydrogen-bond donors (Lipinski definition) is 2. The van der Waals surface area contributed by atoms with Gasteiger partial charge in [-0.1, -0.05) is 33.6 Å². The number of carbonyl (C=O) groups is 5. The first-order valence-electron chi connectivity index (χ1n) is 11.9. The molecule has 2 aliphatic carbocycles. The number of carboxylic acids is 1. The fraction of sp³-hybridized carbons (Fsp3) is 0.480. The molecule has 0 bridgehead atoms. The van der Waals surface area contributed by atoms with Crippen LogP contribution in [0.25, 0.3) is 0 Å². The Kier molecular flexibility index (Phi) is 6.63. The van der Waals surface area contributed by atoms with Crippen molar-refractivity contribution in [2.75, 3.05) is 12.0 Å². The van der Waals surface area contributed by atoms with Crippen LogP contribution in [-0.2, 0) is 24.0 Å². The topological polar surface area (TPSA) is 132 Å². The van der Waals surface area contributed by atoms with Crippen molar-refractivity contribution in [3.63, 3.8) is 0 Å². The van der Waals surface area contributed by atoms with Crippen LogP contribution < -0.4 is 0 Å². The summed E-state index contributed by atoms with van der Waals surface area (Å²) < 4.78 is 14.5. The molecular formula is C25H22BrCl2FN2O7. The predicted octanol–water partition coefficient (Wildman–Crippen LogP) is 3.11. The molecule has 13 heteroatoms. The zero-order valence-corrected chi connectivity index (χ0v) is 22.8. The van der Waals surface area contributed by atoms with Crippen molar-refractivity contribution in [2.24, 2.45) is 17.8 Å². The summed E-state index contributed by atoms with van der Waals surface area (Å²) in [5.41, 5.74) is 0.491. The monoisotopic (exact) mass is 630 g/mol. The Morgan fingerprint density at radius 1 is 1.11 bits per heavy atom. The summed E-state index contributed by atoms with van der Waals surface area (Å²) in [6.07, 6.45) is 1.51. The molecule has 6 atom stereocenters. The van der Waals surface area contributed by atoms with Gasteiger partial charge in [0.25, 0.3) is 11.8 Å². The Labute approximate surface area is 234 Å². The molecule has 0 spiro atoms. The van der Waals surface area contributed by atoms with Gasteiger partial charge in [-0.15, -0.1) is 23.2 Å². The lowest BCUT2D eigenvalue weighted by molar-refractivity contribution is -0.142. The highest BCUT2D eigenvalue weighted by Crippen LogP contribution is 2.65. The third-order valence-electron chi connectivity index (χ3n) is 8.18. The number of amides is 4. The van der Waals surface area contributed by atoms with E-state index in [2.05, 4.69) is 15.9 Å². The third-order valence-corrected chi connectivity index (χ3v) is 10.1. The summed E-state index contributed by atoms with van der Waals surface area (Å²) in [5, 5.41) is 18.7. The Balaban J connectivity index is 1.63. The van der Waals surface area contributed by atoms with Crippen LogP contribution in [0.1, 0.15) is 37.2 Å². The van der Waals surface area contributed by atoms with Crippen molar-refractivity contribution in [3.8, 4) is 5.75 Å². The minimum Gasteiger partial charge on any atom is -0.505 e. The number of nitrogens with zero attached hydrogens (tertiary/aromatic N) is 2. The van der Waals surface area contributed by atoms with Crippen molar-refractivity contribution in [1.29, 1.82) is 0 Å². The molecule has 1 aromatic carbocycles. The minimum absolute atomic E-state index is 0.0636. The largest absolute Gasteiger partial charge is 0.505 e. The van der Waals surface area contributed by atoms with E-state index in [4.69, 9.17) is 28.3 Å². The molecule has 1 saturated carbocycles. The van der Waals surface area contributed by atoms with Gasteiger partial charge in [-0.2, -0.15) is 0 Å². The molecule has 38 heavy (non-hydrogen) atoms. The first-order valence-corrected chi connectivity index (χ1v) is 13.8. The molecule has 9 nitrogen and oxygen atoms in total. The fourth-order valence-electron chi connectivity index (χ4n) is 6.50. The van der Waals surface area contributed by atoms with E-state index in [0.29, 0.717) is 5.57 Å². The van der Waals surface area contributed by atoms with Crippen molar-refractivity contribution in [2.45, 2.75) is 41.3 Å². The van der Waals surface area contributed by atoms with E-state index in [1.165, 1.54) is 6.07 Å². The van der Waals surface area contributed by atoms with E-state index >= 15 is 0 Å². The summed E-state index contributed by atoms with van der Waals surface area (Å²) in [4.78, 5) is 62.6. The Morgan fingerprint density at radius 3 is 2.45 bits per heavy atom. The summed E-state index contributed by atoms with van der Waals surface area (Å²) in [7, 11) is 0. The summed E-state index contributed by atoms with van der Waals surface area (Å²) in [6, 6.07) is 3.51. The van der Waals surface area contributed by atoms with E-state index in [-0.39, 0.29) is 43.2 Å². The lowest BCUT2D eigenvalue weighted by atomic mass is 9.56. The van der Waals surface area contributed by atoms with Crippen LogP contribution in [0.5, 0.6) is 5.75 Å². The summed E-state index contributed by atoms with van der Waals surface area (Å²) >= 11 is 17.2. The molecule has 4 aliphatic rings. The van der Waals surface area contributed by atoms with Gasteiger partial charge in [0, 0.05) is 18.9 Å². The highest BCUT2D eigenvalue weighted by molar-refractivity contribution is 9.09. The Hall–Kier alpha value is -2.50. The first kappa shape index (κ1) is 27.1. The average Bonchev–Trinajstić information content (AvgIpc) is 3.19. The van der Waals surface area contributed by atoms with E-state index in [1.807, 2.05) is 0 Å². The number of benzene rings is 1. The van der Waals surface area contributed by atoms with E-state index in [1.54, 1.807) is 6.08 Å². The standard InChI is InChI=1S/C25H22BrCl2FN2O7/c26-10-31-22(37)24(27)9-14-12(19(25(24,28)23(31)38)11-3-6-16(32)15(29)8-11)4-5-13-18(14)21(36)30(20(13)35)7-1-2-17(33)34/h3-4,6,8,13-14,18-19,32H,1-2,5,7,9-10H2,(H,33,34)/t13-,14+,18-,19-,24+,25-/m0/s1. The number of phenols is 1. The molecule has 202 valence electrons. The second-order valence-corrected chi connectivity index (χ2v) is 11.8. The molecule has 1 aromatic rings. The average molecular weight is 632 g/mol. The summed E-state index contributed by atoms with van der Waals surface area (Å²) in [6.45, 7) is -0.0636. The number of fused-ring (bicyclic) bond motifs is 4. The zero-order chi connectivity index (χ0) is 27.7. The van der Waals surface area contributed by atoms with Gasteiger partial charge in [0.2, 0.25) is 11.8 Å². The second-order valence-electron chi connectivity index (χ2n) is 10.0. The van der Waals surface area contributed by atoms with Gasteiger partial charge in [0.15, 0.2) is 21.3 Å². The SMILES string of the molecule is O=C(O)CCCN1C(=O)[C@H]2[C@H](CC=C3[C@H]2C[C@@]2(Cl)C(=O)N(CBr)C(=O)[C@@]2(Cl)[C@H]3c2ccc(O)c(F)c2)C1=O. The number of carboxylic acid groups (broad SMARTS) is 1. The van der Waals surface area contributed by atoms with Gasteiger partial charge < -0.3 is 10.2 Å². The van der Waals surface area contributed by atoms with Crippen molar-refractivity contribution in [1.82, 2.24) is 9.80 Å². The molecular weight excluding hydrogens is 610 g/mol. The number of allylic oxidation sites excluding steroid dienone is 2. The van der Waals surface area contributed by atoms with Gasteiger partial charge in [-0.3, -0.25) is 33.8 Å². The molecule has 5 rings (SSSR count). The summed E-state index contributed by atoms with van der Waals surface area (Å²) in [5.74, 6) is -8.69. The maximum absolute atomic E-state index is 14.5. The molecule has 0 radical (unpaired) electrons. The predicted molar refractivity (Wildman–Crippen MR) is 135 cm³/mol. The van der Waals surface area contributed by atoms with E-state index in [9.17, 15) is 33.5 Å². The van der Waals surface area contributed by atoms with Crippen LogP contribution in [0.4, 0.5) is 4.39 Å². The molecule has 4 amide bonds. The minimum atomic E-state index is -2.06. The number of alkyl halides is 3. The third kappa shape index (κ3) is 3.57. The van der Waals surface area contributed by atoms with Crippen LogP contribution >= 0.6 is 39.1 Å². The van der Waals surface area contributed by atoms with Crippen LogP contribution in [0, 0.1) is 23.6 Å². The number of rotatable bonds is 6. The molecule has 0 aromatic heterocycles. The van der Waals surface area contributed by atoms with Gasteiger partial charge in [-0.25, -0.2) is 4.39 Å². The number of aromatic hydroxyl groups is 1. The molecule has 2 heterocycles. The molecule has 2 N–H and O–H groups in total. The first-order chi connectivity index (χ1) is 17.9. The lowest BCUT2D eigenvalue weighted by Crippen LogP contribution is -2.60. The molecule has 3 fully saturated rings. The molecule has 2 saturated heterocycles. The van der Waals surface area contributed by atoms with Gasteiger partial charge in [0.1, 0.15) is 0 Å². The quantitative estimate of drug-likeness (QED) is 0.213. The Bertz CT molecular complexity index is 1320. The Morgan fingerprint density at radius 2 is 1.82 bits per heavy atom. The highest BCUT2D eigenvalue weighted by atomic mass is 79.9. The van der Waals surface area contributed by atoms with Gasteiger partial charge >= 0.3 is 5.97 Å². The second kappa shape index (κ2) is 9.31. The number of hydrogen-bond acceptors (Lipinski definition) is 6. The van der Waals surface area contributed by atoms with Crippen molar-refractivity contribution >= 4 is 68.7 Å².